The van der Waals surface area contributed by atoms with Gasteiger partial charge in [0.15, 0.2) is 5.52 Å². The molecule has 0 unspecified atom stereocenters. The molecular weight excluding hydrogens is 419 g/mol. The monoisotopic (exact) mass is 443 g/mol. The number of para-hydroxylation sites is 2. The molecule has 5 rings (SSSR count). The number of fused-ring (bicyclic) bond motifs is 4. The van der Waals surface area contributed by atoms with Gasteiger partial charge in [-0.2, -0.15) is 12.1 Å². The zero-order valence-electron chi connectivity index (χ0n) is 16.6. The molecule has 2 aromatic carbocycles. The molecule has 0 N–H and O–H groups in total. The zero-order chi connectivity index (χ0) is 18.4. The van der Waals surface area contributed by atoms with Crippen LogP contribution in [0, 0.1) is 12.1 Å². The van der Waals surface area contributed by atoms with Crippen LogP contribution in [0.4, 0.5) is 5.95 Å². The standard InChI is InChI=1S/C24H24N3.Y/c1-3-21(19-12-6-4-7-13-19)26-18(2)24(16-10-5-11-17-24)27-22-15-9-8-14-20(22)25-23(26)27;/h4,6-9,12,14-15H,5,10-11,16-17H2,1-2H3;/q-1;. The first-order valence-corrected chi connectivity index (χ1v) is 9.90. The predicted octanol–water partition coefficient (Wildman–Crippen LogP) is 5.48. The Morgan fingerprint density at radius 1 is 1.11 bits per heavy atom. The van der Waals surface area contributed by atoms with E-state index in [0.717, 1.165) is 22.7 Å². The normalized spacial score (nSPS) is 18.4. The first-order valence-electron chi connectivity index (χ1n) is 9.90. The van der Waals surface area contributed by atoms with Crippen LogP contribution in [0.25, 0.3) is 16.7 Å². The van der Waals surface area contributed by atoms with Crippen molar-refractivity contribution in [1.29, 1.82) is 0 Å². The van der Waals surface area contributed by atoms with Crippen LogP contribution in [0.15, 0.2) is 48.5 Å². The van der Waals surface area contributed by atoms with Gasteiger partial charge in [0.1, 0.15) is 11.1 Å². The summed E-state index contributed by atoms with van der Waals surface area (Å²) >= 11 is 0. The fraction of sp³-hybridized carbons (Fsp3) is 0.333. The second-order valence-electron chi connectivity index (χ2n) is 7.62. The molecule has 3 aromatic rings. The molecule has 0 bridgehead atoms. The van der Waals surface area contributed by atoms with Gasteiger partial charge in [0, 0.05) is 32.7 Å². The molecule has 0 atom stereocenters. The third-order valence-electron chi connectivity index (χ3n) is 6.29. The first-order chi connectivity index (χ1) is 13.3. The van der Waals surface area contributed by atoms with Gasteiger partial charge in [0.2, 0.25) is 0 Å². The minimum atomic E-state index is 0. The van der Waals surface area contributed by atoms with Crippen LogP contribution in [0.3, 0.4) is 0 Å². The summed E-state index contributed by atoms with van der Waals surface area (Å²) in [6.07, 6.45) is 9.65. The van der Waals surface area contributed by atoms with E-state index in [4.69, 9.17) is 4.98 Å². The van der Waals surface area contributed by atoms with Crippen molar-refractivity contribution in [2.75, 3.05) is 0 Å². The van der Waals surface area contributed by atoms with Gasteiger partial charge in [-0.3, -0.25) is 16.2 Å². The van der Waals surface area contributed by atoms with E-state index in [1.807, 2.05) is 19.1 Å². The molecule has 1 saturated carbocycles. The van der Waals surface area contributed by atoms with Crippen LogP contribution in [0.5, 0.6) is 0 Å². The van der Waals surface area contributed by atoms with E-state index in [1.54, 1.807) is 0 Å². The number of nitrogens with zero attached hydrogens (tertiary/aromatic N) is 3. The van der Waals surface area contributed by atoms with Gasteiger partial charge in [-0.05, 0) is 44.7 Å². The van der Waals surface area contributed by atoms with E-state index in [0.29, 0.717) is 0 Å². The van der Waals surface area contributed by atoms with Crippen molar-refractivity contribution in [3.63, 3.8) is 0 Å². The molecule has 2 heterocycles. The first kappa shape index (κ1) is 19.7. The Morgan fingerprint density at radius 3 is 2.57 bits per heavy atom. The average Bonchev–Trinajstić information content (AvgIpc) is 3.20. The van der Waals surface area contributed by atoms with Crippen molar-refractivity contribution in [3.05, 3.63) is 66.2 Å². The number of benzene rings is 2. The van der Waals surface area contributed by atoms with Crippen LogP contribution in [0.2, 0.25) is 0 Å². The molecule has 1 radical (unpaired) electrons. The summed E-state index contributed by atoms with van der Waals surface area (Å²) in [6, 6.07) is 20.1. The Labute approximate surface area is 192 Å². The maximum atomic E-state index is 5.06. The van der Waals surface area contributed by atoms with E-state index in [9.17, 15) is 0 Å². The summed E-state index contributed by atoms with van der Waals surface area (Å²) in [5.41, 5.74) is 5.82. The van der Waals surface area contributed by atoms with Gasteiger partial charge in [0.05, 0.1) is 5.71 Å². The third-order valence-corrected chi connectivity index (χ3v) is 6.29. The molecule has 0 amide bonds. The molecule has 0 saturated heterocycles. The number of hydrogen-bond donors (Lipinski definition) is 0. The van der Waals surface area contributed by atoms with Crippen LogP contribution in [-0.4, -0.2) is 19.8 Å². The molecule has 1 aliphatic heterocycles. The number of imidazole rings is 1. The minimum Gasteiger partial charge on any atom is -0.289 e. The second kappa shape index (κ2) is 7.68. The van der Waals surface area contributed by atoms with Crippen molar-refractivity contribution in [3.8, 4) is 0 Å². The molecule has 1 aromatic heterocycles. The molecule has 1 aliphatic carbocycles. The average molecular weight is 443 g/mol. The molecule has 4 heteroatoms. The van der Waals surface area contributed by atoms with Crippen LogP contribution in [-0.2, 0) is 38.2 Å². The second-order valence-corrected chi connectivity index (χ2v) is 7.62. The van der Waals surface area contributed by atoms with Crippen molar-refractivity contribution >= 4 is 28.4 Å². The maximum Gasteiger partial charge on any atom is 0.394 e. The maximum absolute atomic E-state index is 5.06. The fourth-order valence-corrected chi connectivity index (χ4v) is 5.00. The number of aromatic nitrogens is 2. The summed E-state index contributed by atoms with van der Waals surface area (Å²) in [4.78, 5) is 5.06. The van der Waals surface area contributed by atoms with Crippen molar-refractivity contribution < 1.29 is 37.3 Å². The Bertz CT molecular complexity index is 1070. The topological polar surface area (TPSA) is 20.8 Å². The fourth-order valence-electron chi connectivity index (χ4n) is 5.00. The molecule has 1 spiro atoms. The van der Waals surface area contributed by atoms with Crippen molar-refractivity contribution in [2.45, 2.75) is 51.5 Å². The van der Waals surface area contributed by atoms with Crippen LogP contribution >= 0.6 is 0 Å². The summed E-state index contributed by atoms with van der Waals surface area (Å²) in [5.74, 6) is 1.03. The van der Waals surface area contributed by atoms with Gasteiger partial charge in [-0.1, -0.05) is 23.5 Å². The number of rotatable bonds is 2. The molecule has 139 valence electrons. The molecule has 28 heavy (non-hydrogen) atoms. The molecule has 2 aliphatic rings. The van der Waals surface area contributed by atoms with Gasteiger partial charge in [0.25, 0.3) is 0 Å². The van der Waals surface area contributed by atoms with E-state index >= 15 is 0 Å². The zero-order valence-corrected chi connectivity index (χ0v) is 19.4. The largest absolute Gasteiger partial charge is 0.394 e. The van der Waals surface area contributed by atoms with Crippen molar-refractivity contribution in [1.82, 2.24) is 9.55 Å². The van der Waals surface area contributed by atoms with Gasteiger partial charge in [-0.15, -0.1) is 18.7 Å². The van der Waals surface area contributed by atoms with Crippen LogP contribution in [0.1, 0.15) is 51.5 Å². The third kappa shape index (κ3) is 2.78. The van der Waals surface area contributed by atoms with E-state index in [1.165, 1.54) is 43.3 Å². The number of hydrogen-bond acceptors (Lipinski definition) is 1. The Morgan fingerprint density at radius 2 is 1.86 bits per heavy atom. The predicted molar refractivity (Wildman–Crippen MR) is 109 cm³/mol. The van der Waals surface area contributed by atoms with E-state index in [-0.39, 0.29) is 38.2 Å². The van der Waals surface area contributed by atoms with Crippen LogP contribution < -0.4 is 0 Å². The smallest absolute Gasteiger partial charge is 0.289 e. The van der Waals surface area contributed by atoms with Gasteiger partial charge >= 0.3 is 5.95 Å². The molecule has 1 fully saturated rings. The Balaban J connectivity index is 0.00000192. The van der Waals surface area contributed by atoms with Gasteiger partial charge < -0.3 is 0 Å². The van der Waals surface area contributed by atoms with E-state index in [2.05, 4.69) is 64.6 Å². The summed E-state index contributed by atoms with van der Waals surface area (Å²) in [7, 11) is 0. The summed E-state index contributed by atoms with van der Waals surface area (Å²) < 4.78 is 4.84. The SMILES string of the molecule is C[C-]=C(c1[c-]cccc1)[N+]1=C(C)C2(CCCCC2)n2c1nc1ccccc12.[Y]. The van der Waals surface area contributed by atoms with Crippen molar-refractivity contribution in [2.24, 2.45) is 0 Å². The minimum absolute atomic E-state index is 0. The molecular formula is C24H24N3Y-. The summed E-state index contributed by atoms with van der Waals surface area (Å²) in [6.45, 7) is 4.28. The summed E-state index contributed by atoms with van der Waals surface area (Å²) in [5, 5.41) is 0. The Hall–Kier alpha value is -1.58. The van der Waals surface area contributed by atoms with E-state index < -0.39 is 0 Å². The number of allylic oxidation sites excluding steroid dienone is 1. The van der Waals surface area contributed by atoms with Gasteiger partial charge in [-0.25, -0.2) is 16.7 Å². The Kier molecular flexibility index (Phi) is 5.41. The quantitative estimate of drug-likeness (QED) is 0.380. The molecule has 3 nitrogen and oxygen atoms in total.